The Hall–Kier alpha value is 1.79. The van der Waals surface area contributed by atoms with Gasteiger partial charge in [-0.2, -0.15) is 0 Å². The molecule has 0 aliphatic rings. The number of halogens is 4. The third-order valence-corrected chi connectivity index (χ3v) is 0. The molecule has 32 valence electrons. The maximum Gasteiger partial charge on any atom is 0.222 e. The molecule has 0 bridgehead atoms. The van der Waals surface area contributed by atoms with Crippen LogP contribution in [-0.2, 0) is 0 Å². The van der Waals surface area contributed by atoms with Crippen LogP contribution in [0.15, 0.2) is 0 Å². The Kier molecular flexibility index (Phi) is 2.97. The van der Waals surface area contributed by atoms with Gasteiger partial charge in [0.05, 0.1) is 0 Å². The molecule has 0 spiro atoms. The van der Waals surface area contributed by atoms with Crippen molar-refractivity contribution in [2.24, 2.45) is 0 Å². The van der Waals surface area contributed by atoms with Crippen molar-refractivity contribution in [2.75, 3.05) is 0 Å². The van der Waals surface area contributed by atoms with Crippen molar-refractivity contribution < 1.29 is 0 Å². The summed E-state index contributed by atoms with van der Waals surface area (Å²) in [5, 5.41) is 0. The molecule has 0 N–H and O–H groups in total. The highest BCUT2D eigenvalue weighted by atomic mass is 127. The lowest BCUT2D eigenvalue weighted by atomic mass is 11.9. The first-order valence-corrected chi connectivity index (χ1v) is 3.38. The number of rotatable bonds is 0. The van der Waals surface area contributed by atoms with Gasteiger partial charge in [-0.15, -0.1) is 0 Å². The molecule has 0 aromatic heterocycles. The van der Waals surface area contributed by atoms with Gasteiger partial charge < -0.3 is 0 Å². The molecule has 0 unspecified atom stereocenters. The Labute approximate surface area is 62.5 Å². The molecule has 0 aliphatic carbocycles. The van der Waals surface area contributed by atoms with E-state index < -0.39 is 1.25 Å². The van der Waals surface area contributed by atoms with Crippen LogP contribution in [0.3, 0.4) is 0 Å². The van der Waals surface area contributed by atoms with Crippen molar-refractivity contribution in [3.8, 4) is 0 Å². The van der Waals surface area contributed by atoms with Crippen LogP contribution in [0.1, 0.15) is 0 Å². The molecule has 0 heterocycles. The molecular formula is CBrCl2I. The van der Waals surface area contributed by atoms with Crippen molar-refractivity contribution in [3.63, 3.8) is 0 Å². The average Bonchev–Trinajstić information content (AvgIpc) is 0.722. The standard InChI is InChI=1S/CBrCl2I/c2-1(3,4)5. The maximum absolute atomic E-state index is 5.20. The first-order valence-electron chi connectivity index (χ1n) is 0.756. The fourth-order valence-corrected chi connectivity index (χ4v) is 0. The Morgan fingerprint density at radius 2 is 1.60 bits per heavy atom. The summed E-state index contributed by atoms with van der Waals surface area (Å²) in [7, 11) is 0. The van der Waals surface area contributed by atoms with E-state index in [9.17, 15) is 0 Å². The summed E-state index contributed by atoms with van der Waals surface area (Å²) in [4.78, 5) is 0. The van der Waals surface area contributed by atoms with Gasteiger partial charge in [0, 0.05) is 0 Å². The Bertz CT molecular complexity index is 25.1. The highest BCUT2D eigenvalue weighted by molar-refractivity contribution is 14.1. The predicted molar refractivity (Wildman–Crippen MR) is 37.4 cm³/mol. The van der Waals surface area contributed by atoms with Crippen LogP contribution in [0, 0.1) is 0 Å². The monoisotopic (exact) mass is 288 g/mol. The van der Waals surface area contributed by atoms with Crippen molar-refractivity contribution in [2.45, 2.75) is 1.25 Å². The molecule has 0 nitrogen and oxygen atoms in total. The minimum Gasteiger partial charge on any atom is -0.0772 e. The summed E-state index contributed by atoms with van der Waals surface area (Å²) < 4.78 is -0.773. The van der Waals surface area contributed by atoms with Crippen LogP contribution in [0.25, 0.3) is 0 Å². The predicted octanol–water partition coefficient (Wildman–Crippen LogP) is 2.91. The lowest BCUT2D eigenvalue weighted by Crippen LogP contribution is -1.77. The number of hydrogen-bond donors (Lipinski definition) is 0. The molecular weight excluding hydrogens is 290 g/mol. The Balaban J connectivity index is 3.02. The molecule has 0 aromatic carbocycles. The molecule has 0 amide bonds. The van der Waals surface area contributed by atoms with Crippen LogP contribution in [0.2, 0.25) is 0 Å². The van der Waals surface area contributed by atoms with Gasteiger partial charge in [-0.05, 0) is 38.5 Å². The molecule has 0 rings (SSSR count). The zero-order chi connectivity index (χ0) is 4.50. The zero-order valence-electron chi connectivity index (χ0n) is 2.01. The van der Waals surface area contributed by atoms with Gasteiger partial charge in [0.1, 0.15) is 0 Å². The van der Waals surface area contributed by atoms with E-state index >= 15 is 0 Å². The van der Waals surface area contributed by atoms with E-state index in [-0.39, 0.29) is 0 Å². The summed E-state index contributed by atoms with van der Waals surface area (Å²) in [6.07, 6.45) is 0. The second-order valence-electron chi connectivity index (χ2n) is 0.429. The smallest absolute Gasteiger partial charge is 0.0772 e. The highest BCUT2D eigenvalue weighted by Gasteiger charge is 2.09. The second-order valence-corrected chi connectivity index (χ2v) is 8.23. The molecule has 0 saturated heterocycles. The third-order valence-electron chi connectivity index (χ3n) is 0. The van der Waals surface area contributed by atoms with E-state index in [0.717, 1.165) is 0 Å². The van der Waals surface area contributed by atoms with Gasteiger partial charge in [-0.1, -0.05) is 23.2 Å². The number of hydrogen-bond acceptors (Lipinski definition) is 0. The minimum absolute atomic E-state index is 0.773. The van der Waals surface area contributed by atoms with Crippen molar-refractivity contribution in [1.29, 1.82) is 0 Å². The second kappa shape index (κ2) is 2.19. The van der Waals surface area contributed by atoms with Crippen LogP contribution >= 0.6 is 61.7 Å². The van der Waals surface area contributed by atoms with E-state index in [0.29, 0.717) is 0 Å². The van der Waals surface area contributed by atoms with Crippen LogP contribution < -0.4 is 0 Å². The van der Waals surface area contributed by atoms with E-state index in [2.05, 4.69) is 15.9 Å². The normalized spacial score (nSPS) is 12.0. The SMILES string of the molecule is ClC(Cl)(Br)I. The summed E-state index contributed by atoms with van der Waals surface area (Å²) in [5.74, 6) is 0. The molecule has 0 atom stereocenters. The van der Waals surface area contributed by atoms with E-state index in [1.807, 2.05) is 22.6 Å². The topological polar surface area (TPSA) is 0 Å². The molecule has 0 saturated carbocycles. The van der Waals surface area contributed by atoms with E-state index in [1.54, 1.807) is 0 Å². The van der Waals surface area contributed by atoms with Gasteiger partial charge in [0.2, 0.25) is 1.25 Å². The minimum atomic E-state index is -0.773. The molecule has 0 fully saturated rings. The van der Waals surface area contributed by atoms with Gasteiger partial charge >= 0.3 is 0 Å². The fraction of sp³-hybridized carbons (Fsp3) is 1.00. The van der Waals surface area contributed by atoms with Crippen molar-refractivity contribution in [1.82, 2.24) is 0 Å². The van der Waals surface area contributed by atoms with E-state index in [1.165, 1.54) is 0 Å². The van der Waals surface area contributed by atoms with Gasteiger partial charge in [-0.25, -0.2) is 0 Å². The third kappa shape index (κ3) is 26.0. The fourth-order valence-electron chi connectivity index (χ4n) is 0. The largest absolute Gasteiger partial charge is 0.222 e. The summed E-state index contributed by atoms with van der Waals surface area (Å²) in [5.41, 5.74) is 0. The highest BCUT2D eigenvalue weighted by Crippen LogP contribution is 2.35. The maximum atomic E-state index is 5.20. The quantitative estimate of drug-likeness (QED) is 0.475. The first-order chi connectivity index (χ1) is 2.00. The lowest BCUT2D eigenvalue weighted by molar-refractivity contribution is 1.99. The molecule has 0 aliphatic heterocycles. The van der Waals surface area contributed by atoms with Crippen LogP contribution in [0.5, 0.6) is 0 Å². The Morgan fingerprint density at radius 1 is 1.60 bits per heavy atom. The van der Waals surface area contributed by atoms with Gasteiger partial charge in [0.25, 0.3) is 0 Å². The van der Waals surface area contributed by atoms with Gasteiger partial charge in [0.15, 0.2) is 0 Å². The van der Waals surface area contributed by atoms with Gasteiger partial charge in [-0.3, -0.25) is 0 Å². The van der Waals surface area contributed by atoms with E-state index in [4.69, 9.17) is 23.2 Å². The van der Waals surface area contributed by atoms with Crippen molar-refractivity contribution in [3.05, 3.63) is 0 Å². The lowest BCUT2D eigenvalue weighted by Gasteiger charge is -1.92. The zero-order valence-corrected chi connectivity index (χ0v) is 7.27. The number of alkyl halides is 4. The molecule has 4 heteroatoms. The average molecular weight is 290 g/mol. The van der Waals surface area contributed by atoms with Crippen LogP contribution in [-0.4, -0.2) is 1.25 Å². The first kappa shape index (κ1) is 6.79. The summed E-state index contributed by atoms with van der Waals surface area (Å²) in [6, 6.07) is 0. The van der Waals surface area contributed by atoms with Crippen molar-refractivity contribution >= 4 is 61.7 Å². The molecule has 0 radical (unpaired) electrons. The van der Waals surface area contributed by atoms with Crippen LogP contribution in [0.4, 0.5) is 0 Å². The molecule has 5 heavy (non-hydrogen) atoms. The Morgan fingerprint density at radius 3 is 1.60 bits per heavy atom. The molecule has 0 aromatic rings. The summed E-state index contributed by atoms with van der Waals surface area (Å²) >= 11 is 15.1. The summed E-state index contributed by atoms with van der Waals surface area (Å²) in [6.45, 7) is 0.